The van der Waals surface area contributed by atoms with Gasteiger partial charge in [-0.05, 0) is 57.1 Å². The van der Waals surface area contributed by atoms with Crippen molar-refractivity contribution in [2.75, 3.05) is 0 Å². The highest BCUT2D eigenvalue weighted by molar-refractivity contribution is 14.1. The van der Waals surface area contributed by atoms with Crippen LogP contribution in [0.2, 0.25) is 0 Å². The van der Waals surface area contributed by atoms with Crippen LogP contribution in [0.4, 0.5) is 0 Å². The second-order valence-corrected chi connectivity index (χ2v) is 4.91. The quantitative estimate of drug-likeness (QED) is 0.729. The van der Waals surface area contributed by atoms with Crippen LogP contribution in [0.5, 0.6) is 0 Å². The monoisotopic (exact) mass is 363 g/mol. The standard InChI is InChI=1S/C9H7BrIN3/c1-6-2-3-12-9(8(6)10)14-5-7(11)4-13-14/h2-5H,1H3. The molecule has 2 aromatic heterocycles. The summed E-state index contributed by atoms with van der Waals surface area (Å²) in [5, 5.41) is 4.20. The number of nitrogens with zero attached hydrogens (tertiary/aromatic N) is 3. The number of rotatable bonds is 1. The van der Waals surface area contributed by atoms with Gasteiger partial charge in [-0.2, -0.15) is 5.10 Å². The highest BCUT2D eigenvalue weighted by Crippen LogP contribution is 2.22. The maximum absolute atomic E-state index is 4.27. The molecule has 0 spiro atoms. The van der Waals surface area contributed by atoms with Crippen LogP contribution < -0.4 is 0 Å². The highest BCUT2D eigenvalue weighted by Gasteiger charge is 2.06. The molecule has 2 aromatic rings. The summed E-state index contributed by atoms with van der Waals surface area (Å²) in [7, 11) is 0. The molecule has 0 radical (unpaired) electrons. The third-order valence-electron chi connectivity index (χ3n) is 1.83. The number of halogens is 2. The Morgan fingerprint density at radius 2 is 2.29 bits per heavy atom. The molecule has 72 valence electrons. The van der Waals surface area contributed by atoms with Crippen molar-refractivity contribution in [2.45, 2.75) is 6.92 Å². The Labute approximate surface area is 104 Å². The first kappa shape index (κ1) is 10.1. The second kappa shape index (κ2) is 3.98. The summed E-state index contributed by atoms with van der Waals surface area (Å²) in [6, 6.07) is 1.96. The highest BCUT2D eigenvalue weighted by atomic mass is 127. The first-order chi connectivity index (χ1) is 6.68. The van der Waals surface area contributed by atoms with E-state index in [1.807, 2.05) is 19.2 Å². The summed E-state index contributed by atoms with van der Waals surface area (Å²) in [6.07, 6.45) is 5.52. The smallest absolute Gasteiger partial charge is 0.167 e. The molecule has 0 saturated heterocycles. The lowest BCUT2D eigenvalue weighted by Gasteiger charge is -2.04. The molecule has 0 saturated carbocycles. The summed E-state index contributed by atoms with van der Waals surface area (Å²) in [6.45, 7) is 2.03. The van der Waals surface area contributed by atoms with Gasteiger partial charge >= 0.3 is 0 Å². The molecule has 2 heterocycles. The molecule has 2 rings (SSSR count). The van der Waals surface area contributed by atoms with Gasteiger partial charge in [0.2, 0.25) is 0 Å². The largest absolute Gasteiger partial charge is 0.236 e. The number of aromatic nitrogens is 3. The molecule has 0 aliphatic carbocycles. The first-order valence-corrected chi connectivity index (χ1v) is 5.87. The Morgan fingerprint density at radius 1 is 1.50 bits per heavy atom. The molecule has 0 aliphatic heterocycles. The minimum Gasteiger partial charge on any atom is -0.236 e. The van der Waals surface area contributed by atoms with Crippen LogP contribution in [0.3, 0.4) is 0 Å². The molecule has 0 N–H and O–H groups in total. The molecule has 0 bridgehead atoms. The van der Waals surface area contributed by atoms with Crippen LogP contribution in [0, 0.1) is 10.5 Å². The Kier molecular flexibility index (Phi) is 2.87. The van der Waals surface area contributed by atoms with Crippen LogP contribution in [-0.2, 0) is 0 Å². The molecule has 0 aliphatic rings. The van der Waals surface area contributed by atoms with E-state index in [4.69, 9.17) is 0 Å². The van der Waals surface area contributed by atoms with E-state index in [0.29, 0.717) is 0 Å². The summed E-state index contributed by atoms with van der Waals surface area (Å²) in [4.78, 5) is 4.27. The van der Waals surface area contributed by atoms with Crippen molar-refractivity contribution < 1.29 is 0 Å². The Balaban J connectivity index is 2.57. The SMILES string of the molecule is Cc1ccnc(-n2cc(I)cn2)c1Br. The number of hydrogen-bond donors (Lipinski definition) is 0. The number of hydrogen-bond acceptors (Lipinski definition) is 2. The average molecular weight is 364 g/mol. The van der Waals surface area contributed by atoms with Gasteiger partial charge in [-0.25, -0.2) is 9.67 Å². The van der Waals surface area contributed by atoms with Crippen LogP contribution in [-0.4, -0.2) is 14.8 Å². The topological polar surface area (TPSA) is 30.7 Å². The predicted molar refractivity (Wildman–Crippen MR) is 66.5 cm³/mol. The van der Waals surface area contributed by atoms with Crippen molar-refractivity contribution in [1.82, 2.24) is 14.8 Å². The lowest BCUT2D eigenvalue weighted by molar-refractivity contribution is 0.839. The minimum atomic E-state index is 0.827. The van der Waals surface area contributed by atoms with Gasteiger partial charge in [-0.15, -0.1) is 0 Å². The molecular weight excluding hydrogens is 357 g/mol. The fourth-order valence-corrected chi connectivity index (χ4v) is 1.91. The van der Waals surface area contributed by atoms with E-state index in [0.717, 1.165) is 19.4 Å². The van der Waals surface area contributed by atoms with Crippen molar-refractivity contribution in [3.8, 4) is 5.82 Å². The fraction of sp³-hybridized carbons (Fsp3) is 0.111. The van der Waals surface area contributed by atoms with Gasteiger partial charge < -0.3 is 0 Å². The van der Waals surface area contributed by atoms with Gasteiger partial charge in [-0.3, -0.25) is 0 Å². The van der Waals surface area contributed by atoms with Crippen molar-refractivity contribution >= 4 is 38.5 Å². The molecule has 5 heteroatoms. The van der Waals surface area contributed by atoms with E-state index >= 15 is 0 Å². The molecule has 14 heavy (non-hydrogen) atoms. The van der Waals surface area contributed by atoms with Gasteiger partial charge in [0.15, 0.2) is 5.82 Å². The Bertz CT molecular complexity index is 467. The maximum atomic E-state index is 4.27. The maximum Gasteiger partial charge on any atom is 0.167 e. The van der Waals surface area contributed by atoms with E-state index in [1.54, 1.807) is 17.1 Å². The lowest BCUT2D eigenvalue weighted by Crippen LogP contribution is -1.99. The second-order valence-electron chi connectivity index (χ2n) is 2.87. The number of aryl methyl sites for hydroxylation is 1. The van der Waals surface area contributed by atoms with E-state index in [1.165, 1.54) is 0 Å². The van der Waals surface area contributed by atoms with E-state index in [9.17, 15) is 0 Å². The third-order valence-corrected chi connectivity index (χ3v) is 3.37. The predicted octanol–water partition coefficient (Wildman–Crippen LogP) is 2.94. The first-order valence-electron chi connectivity index (χ1n) is 4.00. The zero-order valence-electron chi connectivity index (χ0n) is 7.41. The molecule has 0 fully saturated rings. The van der Waals surface area contributed by atoms with Gasteiger partial charge in [0.25, 0.3) is 0 Å². The van der Waals surface area contributed by atoms with Crippen molar-refractivity contribution in [3.63, 3.8) is 0 Å². The van der Waals surface area contributed by atoms with Crippen LogP contribution >= 0.6 is 38.5 Å². The molecule has 0 aromatic carbocycles. The normalized spacial score (nSPS) is 10.5. The average Bonchev–Trinajstić information content (AvgIpc) is 2.57. The fourth-order valence-electron chi connectivity index (χ4n) is 1.10. The third kappa shape index (κ3) is 1.83. The zero-order valence-corrected chi connectivity index (χ0v) is 11.2. The van der Waals surface area contributed by atoms with E-state index < -0.39 is 0 Å². The molecule has 0 atom stereocenters. The van der Waals surface area contributed by atoms with Crippen LogP contribution in [0.1, 0.15) is 5.56 Å². The van der Waals surface area contributed by atoms with Gasteiger partial charge in [0, 0.05) is 12.4 Å². The van der Waals surface area contributed by atoms with Gasteiger partial charge in [0.1, 0.15) is 0 Å². The van der Waals surface area contributed by atoms with E-state index in [-0.39, 0.29) is 0 Å². The van der Waals surface area contributed by atoms with Crippen molar-refractivity contribution in [1.29, 1.82) is 0 Å². The van der Waals surface area contributed by atoms with E-state index in [2.05, 4.69) is 48.6 Å². The summed E-state index contributed by atoms with van der Waals surface area (Å²) >= 11 is 5.72. The molecule has 3 nitrogen and oxygen atoms in total. The molecule has 0 amide bonds. The van der Waals surface area contributed by atoms with Crippen LogP contribution in [0.15, 0.2) is 29.1 Å². The molecule has 0 unspecified atom stereocenters. The van der Waals surface area contributed by atoms with Crippen molar-refractivity contribution in [3.05, 3.63) is 38.3 Å². The minimum absolute atomic E-state index is 0.827. The summed E-state index contributed by atoms with van der Waals surface area (Å²) < 4.78 is 3.84. The summed E-state index contributed by atoms with van der Waals surface area (Å²) in [5.74, 6) is 0.827. The van der Waals surface area contributed by atoms with Gasteiger partial charge in [-0.1, -0.05) is 0 Å². The Morgan fingerprint density at radius 3 is 2.93 bits per heavy atom. The Hall–Kier alpha value is -0.430. The van der Waals surface area contributed by atoms with Gasteiger partial charge in [0.05, 0.1) is 14.2 Å². The molecular formula is C9H7BrIN3. The lowest BCUT2D eigenvalue weighted by atomic mass is 10.3. The summed E-state index contributed by atoms with van der Waals surface area (Å²) in [5.41, 5.74) is 1.15. The number of pyridine rings is 1. The van der Waals surface area contributed by atoms with Crippen molar-refractivity contribution in [2.24, 2.45) is 0 Å². The van der Waals surface area contributed by atoms with Crippen LogP contribution in [0.25, 0.3) is 5.82 Å². The zero-order chi connectivity index (χ0) is 10.1.